The van der Waals surface area contributed by atoms with Crippen LogP contribution in [0.3, 0.4) is 0 Å². The Hall–Kier alpha value is -2.69. The predicted octanol–water partition coefficient (Wildman–Crippen LogP) is 2.27. The van der Waals surface area contributed by atoms with Gasteiger partial charge in [-0.1, -0.05) is 12.1 Å². The number of aliphatic carboxylic acids is 1. The molecule has 0 bridgehead atoms. The molecular weight excluding hydrogens is 261 g/mol. The topological polar surface area (TPSA) is 80.4 Å². The molecule has 0 aliphatic heterocycles. The molecule has 0 atom stereocenters. The zero-order valence-electron chi connectivity index (χ0n) is 10.5. The quantitative estimate of drug-likeness (QED) is 0.661. The van der Waals surface area contributed by atoms with Crippen molar-refractivity contribution in [3.05, 3.63) is 65.0 Å². The summed E-state index contributed by atoms with van der Waals surface area (Å²) in [5, 5.41) is 8.78. The zero-order chi connectivity index (χ0) is 14.7. The fourth-order valence-electron chi connectivity index (χ4n) is 1.86. The number of carbonyl (C=O) groups excluding carboxylic acids is 1. The van der Waals surface area contributed by atoms with Crippen LogP contribution in [0.5, 0.6) is 0 Å². The molecule has 4 nitrogen and oxygen atoms in total. The minimum Gasteiger partial charge on any atom is -0.481 e. The van der Waals surface area contributed by atoms with Crippen LogP contribution < -0.4 is 5.73 Å². The minimum atomic E-state index is -1.05. The van der Waals surface area contributed by atoms with Crippen LogP contribution in [0.25, 0.3) is 0 Å². The summed E-state index contributed by atoms with van der Waals surface area (Å²) in [5.74, 6) is -2.17. The van der Waals surface area contributed by atoms with E-state index in [0.717, 1.165) is 0 Å². The molecular formula is C15H12FNO3. The highest BCUT2D eigenvalue weighted by Gasteiger charge is 2.15. The second-order valence-electron chi connectivity index (χ2n) is 4.29. The predicted molar refractivity (Wildman–Crippen MR) is 72.0 cm³/mol. The van der Waals surface area contributed by atoms with Gasteiger partial charge in [-0.2, -0.15) is 0 Å². The number of carboxylic acids is 1. The van der Waals surface area contributed by atoms with E-state index in [4.69, 9.17) is 10.8 Å². The Morgan fingerprint density at radius 2 is 1.85 bits per heavy atom. The van der Waals surface area contributed by atoms with Crippen LogP contribution >= 0.6 is 0 Å². The van der Waals surface area contributed by atoms with E-state index in [1.54, 1.807) is 6.07 Å². The van der Waals surface area contributed by atoms with Crippen LogP contribution in [-0.2, 0) is 11.2 Å². The molecule has 2 aromatic rings. The van der Waals surface area contributed by atoms with Gasteiger partial charge in [0.05, 0.1) is 12.0 Å². The van der Waals surface area contributed by atoms with Crippen molar-refractivity contribution in [3.8, 4) is 0 Å². The zero-order valence-corrected chi connectivity index (χ0v) is 10.5. The van der Waals surface area contributed by atoms with Crippen LogP contribution in [0.2, 0.25) is 0 Å². The van der Waals surface area contributed by atoms with Crippen LogP contribution in [-0.4, -0.2) is 16.9 Å². The van der Waals surface area contributed by atoms with Crippen LogP contribution in [0.1, 0.15) is 21.5 Å². The first-order chi connectivity index (χ1) is 9.49. The molecule has 0 spiro atoms. The van der Waals surface area contributed by atoms with Gasteiger partial charge in [-0.15, -0.1) is 0 Å². The SMILES string of the molecule is Nc1ccc(C(=O)c2ccccc2F)cc1CC(=O)O. The number of benzene rings is 2. The smallest absolute Gasteiger partial charge is 0.307 e. The number of rotatable bonds is 4. The van der Waals surface area contributed by atoms with Crippen molar-refractivity contribution in [1.29, 1.82) is 0 Å². The largest absolute Gasteiger partial charge is 0.481 e. The van der Waals surface area contributed by atoms with Gasteiger partial charge >= 0.3 is 5.97 Å². The number of carbonyl (C=O) groups is 2. The second-order valence-corrected chi connectivity index (χ2v) is 4.29. The van der Waals surface area contributed by atoms with Crippen molar-refractivity contribution < 1.29 is 19.1 Å². The lowest BCUT2D eigenvalue weighted by atomic mass is 9.99. The highest BCUT2D eigenvalue weighted by molar-refractivity contribution is 6.09. The average Bonchev–Trinajstić information content (AvgIpc) is 2.40. The number of carboxylic acid groups (broad SMARTS) is 1. The third kappa shape index (κ3) is 2.83. The van der Waals surface area contributed by atoms with Gasteiger partial charge < -0.3 is 10.8 Å². The Morgan fingerprint density at radius 1 is 1.15 bits per heavy atom. The molecule has 0 aromatic heterocycles. The van der Waals surface area contributed by atoms with E-state index in [0.29, 0.717) is 5.56 Å². The molecule has 0 aliphatic rings. The maximum atomic E-state index is 13.6. The maximum absolute atomic E-state index is 13.6. The third-order valence-corrected chi connectivity index (χ3v) is 2.87. The summed E-state index contributed by atoms with van der Waals surface area (Å²) in [4.78, 5) is 22.9. The number of hydrogen-bond acceptors (Lipinski definition) is 3. The number of halogens is 1. The summed E-state index contributed by atoms with van der Waals surface area (Å²) in [5.41, 5.74) is 6.43. The number of anilines is 1. The Labute approximate surface area is 114 Å². The standard InChI is InChI=1S/C15H12FNO3/c16-12-4-2-1-3-11(12)15(20)9-5-6-13(17)10(7-9)8-14(18)19/h1-7H,8,17H2,(H,18,19). The van der Waals surface area contributed by atoms with E-state index in [2.05, 4.69) is 0 Å². The van der Waals surface area contributed by atoms with Gasteiger partial charge in [-0.05, 0) is 35.9 Å². The first kappa shape index (κ1) is 13.7. The number of nitrogens with two attached hydrogens (primary N) is 1. The molecule has 0 saturated heterocycles. The lowest BCUT2D eigenvalue weighted by Crippen LogP contribution is -2.08. The second kappa shape index (κ2) is 5.52. The molecule has 0 aliphatic carbocycles. The van der Waals surface area contributed by atoms with E-state index >= 15 is 0 Å². The normalized spacial score (nSPS) is 10.2. The molecule has 20 heavy (non-hydrogen) atoms. The van der Waals surface area contributed by atoms with Gasteiger partial charge in [-0.25, -0.2) is 4.39 Å². The van der Waals surface area contributed by atoms with Crippen molar-refractivity contribution in [2.75, 3.05) is 5.73 Å². The molecule has 0 saturated carbocycles. The van der Waals surface area contributed by atoms with Crippen molar-refractivity contribution >= 4 is 17.4 Å². The van der Waals surface area contributed by atoms with Gasteiger partial charge in [0.25, 0.3) is 0 Å². The van der Waals surface area contributed by atoms with Crippen molar-refractivity contribution in [3.63, 3.8) is 0 Å². The maximum Gasteiger partial charge on any atom is 0.307 e. The number of hydrogen-bond donors (Lipinski definition) is 2. The summed E-state index contributed by atoms with van der Waals surface area (Å²) in [6.07, 6.45) is -0.287. The Balaban J connectivity index is 2.41. The summed E-state index contributed by atoms with van der Waals surface area (Å²) >= 11 is 0. The van der Waals surface area contributed by atoms with E-state index < -0.39 is 17.6 Å². The van der Waals surface area contributed by atoms with Crippen molar-refractivity contribution in [2.45, 2.75) is 6.42 Å². The fourth-order valence-corrected chi connectivity index (χ4v) is 1.86. The van der Waals surface area contributed by atoms with Crippen LogP contribution in [0, 0.1) is 5.82 Å². The Bertz CT molecular complexity index is 683. The van der Waals surface area contributed by atoms with Gasteiger partial charge in [0, 0.05) is 11.3 Å². The molecule has 2 rings (SSSR count). The number of nitrogen functional groups attached to an aromatic ring is 1. The van der Waals surface area contributed by atoms with Crippen LogP contribution in [0.4, 0.5) is 10.1 Å². The molecule has 2 aromatic carbocycles. The molecule has 102 valence electrons. The summed E-state index contributed by atoms with van der Waals surface area (Å²) in [7, 11) is 0. The van der Waals surface area contributed by atoms with Gasteiger partial charge in [0.1, 0.15) is 5.82 Å². The Morgan fingerprint density at radius 3 is 2.50 bits per heavy atom. The van der Waals surface area contributed by atoms with Gasteiger partial charge in [0.15, 0.2) is 5.78 Å². The Kier molecular flexibility index (Phi) is 3.79. The highest BCUT2D eigenvalue weighted by Crippen LogP contribution is 2.19. The third-order valence-electron chi connectivity index (χ3n) is 2.87. The van der Waals surface area contributed by atoms with Gasteiger partial charge in [-0.3, -0.25) is 9.59 Å². The molecule has 0 radical (unpaired) electrons. The molecule has 0 unspecified atom stereocenters. The molecule has 0 amide bonds. The lowest BCUT2D eigenvalue weighted by molar-refractivity contribution is -0.136. The van der Waals surface area contributed by atoms with E-state index in [1.165, 1.54) is 36.4 Å². The van der Waals surface area contributed by atoms with E-state index in [1.807, 2.05) is 0 Å². The lowest BCUT2D eigenvalue weighted by Gasteiger charge is -2.07. The van der Waals surface area contributed by atoms with E-state index in [-0.39, 0.29) is 23.2 Å². The molecule has 0 fully saturated rings. The highest BCUT2D eigenvalue weighted by atomic mass is 19.1. The van der Waals surface area contributed by atoms with Crippen LogP contribution in [0.15, 0.2) is 42.5 Å². The molecule has 0 heterocycles. The summed E-state index contributed by atoms with van der Waals surface area (Å²) in [6, 6.07) is 9.92. The van der Waals surface area contributed by atoms with Crippen molar-refractivity contribution in [2.24, 2.45) is 0 Å². The first-order valence-electron chi connectivity index (χ1n) is 5.88. The average molecular weight is 273 g/mol. The molecule has 3 N–H and O–H groups in total. The summed E-state index contributed by atoms with van der Waals surface area (Å²) < 4.78 is 13.6. The van der Waals surface area contributed by atoms with Gasteiger partial charge in [0.2, 0.25) is 0 Å². The van der Waals surface area contributed by atoms with E-state index in [9.17, 15) is 14.0 Å². The number of ketones is 1. The minimum absolute atomic E-state index is 0.0569. The molecule has 5 heteroatoms. The summed E-state index contributed by atoms with van der Waals surface area (Å²) in [6.45, 7) is 0. The first-order valence-corrected chi connectivity index (χ1v) is 5.88. The monoisotopic (exact) mass is 273 g/mol. The fraction of sp³-hybridized carbons (Fsp3) is 0.0667. The van der Waals surface area contributed by atoms with Crippen molar-refractivity contribution in [1.82, 2.24) is 0 Å².